The summed E-state index contributed by atoms with van der Waals surface area (Å²) < 4.78 is 31.0. The fraction of sp³-hybridized carbons (Fsp3) is 0.447. The summed E-state index contributed by atoms with van der Waals surface area (Å²) in [7, 11) is 4.51. The molecule has 2 heterocycles. The van der Waals surface area contributed by atoms with Crippen molar-refractivity contribution >= 4 is 6.29 Å². The number of aromatic hydroxyl groups is 2. The molecule has 282 valence electrons. The molecule has 3 aromatic carbocycles. The number of hydrogen-bond donors (Lipinski definition) is 3. The first-order valence-electron chi connectivity index (χ1n) is 16.8. The second-order valence-corrected chi connectivity index (χ2v) is 11.2. The van der Waals surface area contributed by atoms with Gasteiger partial charge >= 0.3 is 0 Å². The summed E-state index contributed by atoms with van der Waals surface area (Å²) in [6, 6.07) is 18.2. The molecule has 0 amide bonds. The van der Waals surface area contributed by atoms with E-state index in [0.717, 1.165) is 78.5 Å². The molecule has 0 aliphatic carbocycles. The molecule has 0 unspecified atom stereocenters. The normalized spacial score (nSPS) is 13.9. The lowest BCUT2D eigenvalue weighted by Crippen LogP contribution is -2.37. The Balaban J connectivity index is 0.000000253. The predicted molar refractivity (Wildman–Crippen MR) is 193 cm³/mol. The van der Waals surface area contributed by atoms with E-state index in [4.69, 9.17) is 54.3 Å². The summed E-state index contributed by atoms with van der Waals surface area (Å²) in [5.74, 6) is 2.02. The van der Waals surface area contributed by atoms with Gasteiger partial charge in [-0.25, -0.2) is 0 Å². The first-order chi connectivity index (χ1) is 25.3. The van der Waals surface area contributed by atoms with Crippen LogP contribution in [0.25, 0.3) is 0 Å². The molecule has 2 aliphatic heterocycles. The molecule has 2 saturated heterocycles. The molecule has 52 heavy (non-hydrogen) atoms. The van der Waals surface area contributed by atoms with Crippen LogP contribution in [0.2, 0.25) is 0 Å². The number of phenols is 2. The van der Waals surface area contributed by atoms with Gasteiger partial charge in [0.05, 0.1) is 77.6 Å². The number of carbonyl (C=O) groups excluding carboxylic acids is 1. The Labute approximate surface area is 305 Å². The number of hydrogen-bond acceptors (Lipinski definition) is 14. The van der Waals surface area contributed by atoms with Crippen LogP contribution in [0.5, 0.6) is 34.5 Å². The van der Waals surface area contributed by atoms with Crippen LogP contribution in [0.15, 0.2) is 54.6 Å². The quantitative estimate of drug-likeness (QED) is 0.181. The summed E-state index contributed by atoms with van der Waals surface area (Å²) in [6.07, 6.45) is 2.50. The van der Waals surface area contributed by atoms with Crippen molar-refractivity contribution in [3.05, 3.63) is 71.3 Å². The van der Waals surface area contributed by atoms with Gasteiger partial charge in [0.15, 0.2) is 34.5 Å². The molecule has 3 N–H and O–H groups in total. The standard InChI is InChI=1S/C15H20N2O3.C8H7NO2.C8H8O3.C7H15NO2/c1-18-14-4-3-13(12-16)11-15(14)20-8-2-5-17-6-9-19-10-7-17;2*1-11-8-3-2-6(5-9)4-7(8)10;9-5-1-2-8-3-6-10-7-4-8/h3-4,11H,2,5-10H2,1H3;2-4,10H,1H3;2-5,10H,1H3;9H,1-7H2. The average Bonchev–Trinajstić information content (AvgIpc) is 3.20. The Hall–Kier alpha value is -5.09. The van der Waals surface area contributed by atoms with Gasteiger partial charge in [-0.2, -0.15) is 10.5 Å². The minimum Gasteiger partial charge on any atom is -0.504 e. The molecule has 3 aromatic rings. The second kappa shape index (κ2) is 25.8. The van der Waals surface area contributed by atoms with E-state index in [1.165, 1.54) is 26.4 Å². The van der Waals surface area contributed by atoms with Crippen molar-refractivity contribution in [3.63, 3.8) is 0 Å². The van der Waals surface area contributed by atoms with Crippen LogP contribution >= 0.6 is 0 Å². The monoisotopic (exact) mass is 722 g/mol. The number of ether oxygens (including phenoxy) is 6. The SMILES string of the molecule is COc1ccc(C#N)cc1O.COc1ccc(C#N)cc1OCCCN1CCOCC1.COc1ccc(C=O)cc1O.OCCCN1CCOCC1. The minimum atomic E-state index is -0.0166. The Kier molecular flexibility index (Phi) is 21.4. The third-order valence-corrected chi connectivity index (χ3v) is 7.66. The topological polar surface area (TPSA) is 187 Å². The lowest BCUT2D eigenvalue weighted by atomic mass is 10.2. The Morgan fingerprint density at radius 2 is 1.17 bits per heavy atom. The first kappa shape index (κ1) is 43.1. The van der Waals surface area contributed by atoms with Crippen molar-refractivity contribution in [1.82, 2.24) is 9.80 Å². The highest BCUT2D eigenvalue weighted by atomic mass is 16.5. The molecular formula is C38H50N4O10. The number of rotatable bonds is 12. The van der Waals surface area contributed by atoms with Gasteiger partial charge in [-0.15, -0.1) is 0 Å². The number of morpholine rings is 2. The highest BCUT2D eigenvalue weighted by Crippen LogP contribution is 2.28. The van der Waals surface area contributed by atoms with E-state index in [9.17, 15) is 4.79 Å². The highest BCUT2D eigenvalue weighted by Gasteiger charge is 2.11. The van der Waals surface area contributed by atoms with E-state index in [0.29, 0.717) is 59.2 Å². The lowest BCUT2D eigenvalue weighted by Gasteiger charge is -2.26. The third kappa shape index (κ3) is 16.3. The van der Waals surface area contributed by atoms with Crippen LogP contribution in [0.4, 0.5) is 0 Å². The molecule has 2 aliphatic rings. The molecule has 0 radical (unpaired) electrons. The van der Waals surface area contributed by atoms with Gasteiger partial charge in [-0.05, 0) is 55.3 Å². The molecule has 0 atom stereocenters. The Bertz CT molecular complexity index is 1550. The molecule has 5 rings (SSSR count). The number of phenolic OH excluding ortho intramolecular Hbond substituents is 2. The fourth-order valence-electron chi connectivity index (χ4n) is 4.81. The van der Waals surface area contributed by atoms with Gasteiger partial charge in [0.25, 0.3) is 0 Å². The van der Waals surface area contributed by atoms with E-state index in [1.54, 1.807) is 49.6 Å². The zero-order valence-electron chi connectivity index (χ0n) is 30.2. The number of aliphatic hydroxyl groups is 1. The van der Waals surface area contributed by atoms with Crippen molar-refractivity contribution in [2.24, 2.45) is 0 Å². The number of nitriles is 2. The van der Waals surface area contributed by atoms with Crippen LogP contribution < -0.4 is 18.9 Å². The van der Waals surface area contributed by atoms with Crippen molar-refractivity contribution in [2.75, 3.05) is 100 Å². The summed E-state index contributed by atoms with van der Waals surface area (Å²) >= 11 is 0. The highest BCUT2D eigenvalue weighted by molar-refractivity contribution is 5.76. The van der Waals surface area contributed by atoms with Gasteiger partial charge in [0.1, 0.15) is 6.29 Å². The smallest absolute Gasteiger partial charge is 0.162 e. The molecule has 14 heteroatoms. The van der Waals surface area contributed by atoms with Gasteiger partial charge in [-0.1, -0.05) is 0 Å². The van der Waals surface area contributed by atoms with E-state index in [-0.39, 0.29) is 11.5 Å². The maximum absolute atomic E-state index is 10.2. The number of nitrogens with zero attached hydrogens (tertiary/aromatic N) is 4. The van der Waals surface area contributed by atoms with Crippen LogP contribution in [0.3, 0.4) is 0 Å². The van der Waals surface area contributed by atoms with E-state index in [1.807, 2.05) is 6.07 Å². The number of aldehydes is 1. The van der Waals surface area contributed by atoms with Crippen molar-refractivity contribution in [2.45, 2.75) is 12.8 Å². The van der Waals surface area contributed by atoms with Gasteiger partial charge in [-0.3, -0.25) is 14.6 Å². The molecule has 0 spiro atoms. The average molecular weight is 723 g/mol. The van der Waals surface area contributed by atoms with Crippen molar-refractivity contribution < 1.29 is 48.5 Å². The fourth-order valence-corrected chi connectivity index (χ4v) is 4.81. The molecule has 0 aromatic heterocycles. The first-order valence-corrected chi connectivity index (χ1v) is 16.8. The van der Waals surface area contributed by atoms with Gasteiger partial charge < -0.3 is 43.7 Å². The zero-order chi connectivity index (χ0) is 38.0. The maximum atomic E-state index is 10.2. The number of aliphatic hydroxyl groups excluding tert-OH is 1. The molecule has 0 saturated carbocycles. The Morgan fingerprint density at radius 3 is 1.63 bits per heavy atom. The molecule has 14 nitrogen and oxygen atoms in total. The van der Waals surface area contributed by atoms with Gasteiger partial charge in [0.2, 0.25) is 0 Å². The van der Waals surface area contributed by atoms with Crippen LogP contribution in [0, 0.1) is 22.7 Å². The largest absolute Gasteiger partial charge is 0.504 e. The van der Waals surface area contributed by atoms with Crippen molar-refractivity contribution in [3.8, 4) is 46.6 Å². The van der Waals surface area contributed by atoms with Crippen molar-refractivity contribution in [1.29, 1.82) is 10.5 Å². The Morgan fingerprint density at radius 1 is 0.692 bits per heavy atom. The summed E-state index contributed by atoms with van der Waals surface area (Å²) in [5, 5.41) is 44.2. The zero-order valence-corrected chi connectivity index (χ0v) is 30.2. The molecule has 0 bridgehead atoms. The third-order valence-electron chi connectivity index (χ3n) is 7.66. The number of methoxy groups -OCH3 is 3. The number of benzene rings is 3. The molecule has 2 fully saturated rings. The summed E-state index contributed by atoms with van der Waals surface area (Å²) in [6.45, 7) is 10.3. The van der Waals surface area contributed by atoms with E-state index >= 15 is 0 Å². The van der Waals surface area contributed by atoms with Gasteiger partial charge in [0, 0.05) is 63.6 Å². The van der Waals surface area contributed by atoms with E-state index in [2.05, 4.69) is 15.9 Å². The second-order valence-electron chi connectivity index (χ2n) is 11.2. The minimum absolute atomic E-state index is 0.00782. The van der Waals surface area contributed by atoms with Crippen LogP contribution in [-0.4, -0.2) is 132 Å². The van der Waals surface area contributed by atoms with Crippen LogP contribution in [0.1, 0.15) is 34.3 Å². The summed E-state index contributed by atoms with van der Waals surface area (Å²) in [4.78, 5) is 14.9. The number of carbonyl (C=O) groups is 1. The van der Waals surface area contributed by atoms with Crippen LogP contribution in [-0.2, 0) is 9.47 Å². The molecular weight excluding hydrogens is 672 g/mol. The summed E-state index contributed by atoms with van der Waals surface area (Å²) in [5.41, 5.74) is 1.43. The van der Waals surface area contributed by atoms with E-state index < -0.39 is 0 Å². The maximum Gasteiger partial charge on any atom is 0.162 e. The predicted octanol–water partition coefficient (Wildman–Crippen LogP) is 3.85. The lowest BCUT2D eigenvalue weighted by molar-refractivity contribution is 0.0353.